The Morgan fingerprint density at radius 3 is 3.05 bits per heavy atom. The summed E-state index contributed by atoms with van der Waals surface area (Å²) >= 11 is 9.17. The number of pyridine rings is 1. The summed E-state index contributed by atoms with van der Waals surface area (Å²) in [5, 5.41) is 0. The van der Waals surface area contributed by atoms with Crippen LogP contribution in [-0.2, 0) is 22.5 Å². The van der Waals surface area contributed by atoms with Crippen LogP contribution < -0.4 is 5.73 Å². The van der Waals surface area contributed by atoms with Crippen molar-refractivity contribution in [2.75, 3.05) is 19.1 Å². The molecule has 0 fully saturated rings. The first kappa shape index (κ1) is 15.2. The molecule has 6 nitrogen and oxygen atoms in total. The molecular formula is C12H14BrClN4O2. The lowest BCUT2D eigenvalue weighted by Gasteiger charge is -2.07. The lowest BCUT2D eigenvalue weighted by atomic mass is 10.4. The monoisotopic (exact) mass is 360 g/mol. The summed E-state index contributed by atoms with van der Waals surface area (Å²) in [6.07, 6.45) is 2.36. The van der Waals surface area contributed by atoms with Crippen molar-refractivity contribution < 1.29 is 9.53 Å². The molecule has 0 aliphatic heterocycles. The van der Waals surface area contributed by atoms with Gasteiger partial charge in [-0.3, -0.25) is 4.79 Å². The maximum Gasteiger partial charge on any atom is 0.243 e. The molecule has 0 bridgehead atoms. The maximum atomic E-state index is 10.6. The van der Waals surface area contributed by atoms with Gasteiger partial charge in [0, 0.05) is 29.5 Å². The molecule has 2 N–H and O–H groups in total. The zero-order valence-electron chi connectivity index (χ0n) is 10.7. The number of nitrogens with two attached hydrogens (primary N) is 1. The Labute approximate surface area is 129 Å². The van der Waals surface area contributed by atoms with Crippen molar-refractivity contribution in [2.45, 2.75) is 13.0 Å². The molecule has 0 aliphatic carbocycles. The summed E-state index contributed by atoms with van der Waals surface area (Å²) in [5.74, 6) is 0.846. The minimum Gasteiger partial charge on any atom is -0.370 e. The fraction of sp³-hybridized carbons (Fsp3) is 0.417. The standard InChI is InChI=1S/C12H14BrClN4O2/c13-8-5-9-12(16-6-8)18(11(17-9)1-2-14)3-4-20-7-10(15)19/h5-6H,1-4,7H2,(H2,15,19). The van der Waals surface area contributed by atoms with Gasteiger partial charge in [0.05, 0.1) is 6.61 Å². The number of fused-ring (bicyclic) bond motifs is 1. The van der Waals surface area contributed by atoms with Gasteiger partial charge in [-0.05, 0) is 22.0 Å². The molecule has 20 heavy (non-hydrogen) atoms. The first-order valence-corrected chi connectivity index (χ1v) is 7.37. The van der Waals surface area contributed by atoms with Gasteiger partial charge < -0.3 is 15.0 Å². The summed E-state index contributed by atoms with van der Waals surface area (Å²) in [7, 11) is 0. The van der Waals surface area contributed by atoms with Gasteiger partial charge in [0.1, 0.15) is 17.9 Å². The molecule has 108 valence electrons. The average molecular weight is 362 g/mol. The zero-order valence-corrected chi connectivity index (χ0v) is 13.0. The topological polar surface area (TPSA) is 83.0 Å². The van der Waals surface area contributed by atoms with Crippen molar-refractivity contribution in [3.8, 4) is 0 Å². The second-order valence-corrected chi connectivity index (χ2v) is 5.43. The van der Waals surface area contributed by atoms with Gasteiger partial charge in [0.25, 0.3) is 0 Å². The first-order valence-electron chi connectivity index (χ1n) is 6.04. The largest absolute Gasteiger partial charge is 0.370 e. The quantitative estimate of drug-likeness (QED) is 0.598. The number of aromatic nitrogens is 3. The number of amides is 1. The van der Waals surface area contributed by atoms with E-state index in [1.54, 1.807) is 6.20 Å². The minimum atomic E-state index is -0.483. The van der Waals surface area contributed by atoms with E-state index in [2.05, 4.69) is 25.9 Å². The number of aryl methyl sites for hydroxylation is 1. The van der Waals surface area contributed by atoms with E-state index in [-0.39, 0.29) is 6.61 Å². The molecule has 0 atom stereocenters. The van der Waals surface area contributed by atoms with Gasteiger partial charge in [-0.1, -0.05) is 0 Å². The number of rotatable bonds is 7. The molecule has 2 rings (SSSR count). The lowest BCUT2D eigenvalue weighted by molar-refractivity contribution is -0.122. The van der Waals surface area contributed by atoms with E-state index < -0.39 is 5.91 Å². The van der Waals surface area contributed by atoms with Gasteiger partial charge in [0.2, 0.25) is 5.91 Å². The highest BCUT2D eigenvalue weighted by molar-refractivity contribution is 9.10. The van der Waals surface area contributed by atoms with Crippen molar-refractivity contribution >= 4 is 44.6 Å². The van der Waals surface area contributed by atoms with Crippen molar-refractivity contribution in [2.24, 2.45) is 5.73 Å². The van der Waals surface area contributed by atoms with E-state index in [4.69, 9.17) is 22.1 Å². The van der Waals surface area contributed by atoms with Crippen LogP contribution in [0, 0.1) is 0 Å². The van der Waals surface area contributed by atoms with Crippen LogP contribution in [0.1, 0.15) is 5.82 Å². The Bertz CT molecular complexity index is 617. The fourth-order valence-electron chi connectivity index (χ4n) is 1.87. The van der Waals surface area contributed by atoms with Crippen LogP contribution in [0.15, 0.2) is 16.7 Å². The predicted molar refractivity (Wildman–Crippen MR) is 79.7 cm³/mol. The van der Waals surface area contributed by atoms with Crippen molar-refractivity contribution in [3.05, 3.63) is 22.6 Å². The highest BCUT2D eigenvalue weighted by atomic mass is 79.9. The van der Waals surface area contributed by atoms with Gasteiger partial charge in [0.15, 0.2) is 5.65 Å². The van der Waals surface area contributed by atoms with Crippen molar-refractivity contribution in [3.63, 3.8) is 0 Å². The molecule has 0 saturated heterocycles. The summed E-state index contributed by atoms with van der Waals surface area (Å²) in [6, 6.07) is 1.90. The van der Waals surface area contributed by atoms with Gasteiger partial charge >= 0.3 is 0 Å². The second-order valence-electron chi connectivity index (χ2n) is 4.13. The van der Waals surface area contributed by atoms with E-state index in [0.29, 0.717) is 25.5 Å². The van der Waals surface area contributed by atoms with E-state index in [0.717, 1.165) is 21.5 Å². The minimum absolute atomic E-state index is 0.0869. The molecule has 8 heteroatoms. The number of halogens is 2. The summed E-state index contributed by atoms with van der Waals surface area (Å²) in [4.78, 5) is 19.5. The summed E-state index contributed by atoms with van der Waals surface area (Å²) < 4.78 is 8.00. The third kappa shape index (κ3) is 3.68. The molecule has 0 radical (unpaired) electrons. The van der Waals surface area contributed by atoms with Crippen LogP contribution in [0.25, 0.3) is 11.2 Å². The maximum absolute atomic E-state index is 10.6. The van der Waals surface area contributed by atoms with Gasteiger partial charge in [-0.25, -0.2) is 9.97 Å². The molecule has 0 aliphatic rings. The first-order chi connectivity index (χ1) is 9.61. The van der Waals surface area contributed by atoms with Crippen LogP contribution in [-0.4, -0.2) is 39.5 Å². The molecule has 2 heterocycles. The number of carbonyl (C=O) groups excluding carboxylic acids is 1. The third-order valence-corrected chi connectivity index (χ3v) is 3.27. The molecular weight excluding hydrogens is 348 g/mol. The van der Waals surface area contributed by atoms with E-state index >= 15 is 0 Å². The smallest absolute Gasteiger partial charge is 0.243 e. The van der Waals surface area contributed by atoms with Crippen LogP contribution in [0.3, 0.4) is 0 Å². The van der Waals surface area contributed by atoms with Crippen molar-refractivity contribution in [1.82, 2.24) is 14.5 Å². The number of primary amides is 1. The number of carbonyl (C=O) groups is 1. The van der Waals surface area contributed by atoms with Gasteiger partial charge in [-0.15, -0.1) is 11.6 Å². The number of hydrogen-bond donors (Lipinski definition) is 1. The molecule has 1 amide bonds. The van der Waals surface area contributed by atoms with Crippen molar-refractivity contribution in [1.29, 1.82) is 0 Å². The molecule has 0 unspecified atom stereocenters. The van der Waals surface area contributed by atoms with Crippen LogP contribution in [0.5, 0.6) is 0 Å². The predicted octanol–water partition coefficient (Wildman–Crippen LogP) is 1.48. The number of hydrogen-bond acceptors (Lipinski definition) is 4. The Balaban J connectivity index is 2.19. The normalized spacial score (nSPS) is 11.1. The van der Waals surface area contributed by atoms with E-state index in [1.807, 2.05) is 10.6 Å². The Hall–Kier alpha value is -1.18. The Kier molecular flexibility index (Phi) is 5.33. The second kappa shape index (κ2) is 7.01. The fourth-order valence-corrected chi connectivity index (χ4v) is 2.36. The number of nitrogens with zero attached hydrogens (tertiary/aromatic N) is 3. The van der Waals surface area contributed by atoms with Crippen LogP contribution in [0.2, 0.25) is 0 Å². The van der Waals surface area contributed by atoms with Crippen LogP contribution in [0.4, 0.5) is 0 Å². The average Bonchev–Trinajstić information content (AvgIpc) is 2.72. The molecule has 2 aromatic heterocycles. The molecule has 0 saturated carbocycles. The highest BCUT2D eigenvalue weighted by Gasteiger charge is 2.11. The van der Waals surface area contributed by atoms with Crippen LogP contribution >= 0.6 is 27.5 Å². The SMILES string of the molecule is NC(=O)COCCn1c(CCCl)nc2cc(Br)cnc21. The summed E-state index contributed by atoms with van der Waals surface area (Å²) in [5.41, 5.74) is 6.59. The highest BCUT2D eigenvalue weighted by Crippen LogP contribution is 2.19. The number of imidazole rings is 1. The number of alkyl halides is 1. The summed E-state index contributed by atoms with van der Waals surface area (Å²) in [6.45, 7) is 0.822. The van der Waals surface area contributed by atoms with E-state index in [1.165, 1.54) is 0 Å². The van der Waals surface area contributed by atoms with Gasteiger partial charge in [-0.2, -0.15) is 0 Å². The number of ether oxygens (including phenoxy) is 1. The Morgan fingerprint density at radius 2 is 2.35 bits per heavy atom. The lowest BCUT2D eigenvalue weighted by Crippen LogP contribution is -2.20. The molecule has 0 aromatic carbocycles. The zero-order chi connectivity index (χ0) is 14.5. The van der Waals surface area contributed by atoms with E-state index in [9.17, 15) is 4.79 Å². The molecule has 0 spiro atoms. The Morgan fingerprint density at radius 1 is 1.55 bits per heavy atom. The molecule has 2 aromatic rings. The third-order valence-electron chi connectivity index (χ3n) is 2.65.